The molecule has 1 aromatic carbocycles. The van der Waals surface area contributed by atoms with Gasteiger partial charge in [0.25, 0.3) is 5.91 Å². The van der Waals surface area contributed by atoms with E-state index in [4.69, 9.17) is 0 Å². The number of hydrogen-bond acceptors (Lipinski definition) is 2. The second-order valence-corrected chi connectivity index (χ2v) is 4.81. The number of amides is 1. The van der Waals surface area contributed by atoms with E-state index in [2.05, 4.69) is 19.6 Å². The van der Waals surface area contributed by atoms with Gasteiger partial charge in [-0.2, -0.15) is 12.6 Å². The largest absolute Gasteiger partial charge is 0.338 e. The van der Waals surface area contributed by atoms with Crippen molar-refractivity contribution in [2.45, 2.75) is 13.3 Å². The molecule has 16 heavy (non-hydrogen) atoms. The van der Waals surface area contributed by atoms with Gasteiger partial charge in [0, 0.05) is 18.7 Å². The van der Waals surface area contributed by atoms with Crippen LogP contribution in [0.2, 0.25) is 0 Å². The van der Waals surface area contributed by atoms with Crippen molar-refractivity contribution >= 4 is 18.5 Å². The van der Waals surface area contributed by atoms with E-state index in [1.165, 1.54) is 5.56 Å². The van der Waals surface area contributed by atoms with Crippen LogP contribution in [0.25, 0.3) is 0 Å². The fourth-order valence-electron chi connectivity index (χ4n) is 2.08. The normalized spacial score (nSPS) is 17.1. The van der Waals surface area contributed by atoms with Crippen molar-refractivity contribution in [3.05, 3.63) is 35.4 Å². The lowest BCUT2D eigenvalue weighted by atomic mass is 9.98. The molecule has 3 heteroatoms. The molecule has 0 N–H and O–H groups in total. The quantitative estimate of drug-likeness (QED) is 0.797. The third-order valence-electron chi connectivity index (χ3n) is 3.03. The van der Waals surface area contributed by atoms with Crippen LogP contribution < -0.4 is 0 Å². The topological polar surface area (TPSA) is 20.3 Å². The second-order valence-electron chi connectivity index (χ2n) is 4.45. The van der Waals surface area contributed by atoms with Crippen LogP contribution >= 0.6 is 12.6 Å². The van der Waals surface area contributed by atoms with Gasteiger partial charge in [-0.05, 0) is 29.7 Å². The summed E-state index contributed by atoms with van der Waals surface area (Å²) in [6.07, 6.45) is 0.973. The van der Waals surface area contributed by atoms with E-state index in [0.29, 0.717) is 5.92 Å². The summed E-state index contributed by atoms with van der Waals surface area (Å²) in [5.41, 5.74) is 2.06. The Morgan fingerprint density at radius 1 is 1.44 bits per heavy atom. The maximum Gasteiger partial charge on any atom is 0.254 e. The first-order chi connectivity index (χ1) is 7.72. The van der Waals surface area contributed by atoms with E-state index in [9.17, 15) is 4.79 Å². The van der Waals surface area contributed by atoms with Crippen LogP contribution in [0.4, 0.5) is 0 Å². The number of rotatable bonds is 3. The summed E-state index contributed by atoms with van der Waals surface area (Å²) < 4.78 is 0. The van der Waals surface area contributed by atoms with Crippen molar-refractivity contribution in [1.82, 2.24) is 4.90 Å². The Labute approximate surface area is 102 Å². The van der Waals surface area contributed by atoms with Crippen LogP contribution in [-0.4, -0.2) is 29.6 Å². The highest BCUT2D eigenvalue weighted by Gasteiger charge is 2.24. The molecule has 1 aromatic rings. The van der Waals surface area contributed by atoms with Gasteiger partial charge in [-0.15, -0.1) is 0 Å². The van der Waals surface area contributed by atoms with Gasteiger partial charge in [0.15, 0.2) is 0 Å². The molecule has 0 aliphatic carbocycles. The molecular weight excluding hydrogens is 218 g/mol. The summed E-state index contributed by atoms with van der Waals surface area (Å²) in [4.78, 5) is 14.1. The maximum atomic E-state index is 12.2. The van der Waals surface area contributed by atoms with E-state index < -0.39 is 0 Å². The molecule has 1 heterocycles. The molecule has 86 valence electrons. The molecule has 0 spiro atoms. The highest BCUT2D eigenvalue weighted by molar-refractivity contribution is 7.80. The fraction of sp³-hybridized carbons (Fsp3) is 0.462. The van der Waals surface area contributed by atoms with Gasteiger partial charge in [-0.25, -0.2) is 0 Å². The van der Waals surface area contributed by atoms with Crippen LogP contribution in [-0.2, 0) is 6.42 Å². The monoisotopic (exact) mass is 235 g/mol. The molecule has 2 nitrogen and oxygen atoms in total. The molecule has 1 aliphatic rings. The zero-order valence-electron chi connectivity index (χ0n) is 9.52. The van der Waals surface area contributed by atoms with Gasteiger partial charge >= 0.3 is 0 Å². The SMILES string of the molecule is CC(CS)CN1CCc2ccccc2C1=O. The number of fused-ring (bicyclic) bond motifs is 1. The van der Waals surface area contributed by atoms with E-state index in [1.54, 1.807) is 0 Å². The van der Waals surface area contributed by atoms with Gasteiger partial charge in [-0.1, -0.05) is 25.1 Å². The number of carbonyl (C=O) groups excluding carboxylic acids is 1. The van der Waals surface area contributed by atoms with Crippen molar-refractivity contribution in [2.24, 2.45) is 5.92 Å². The average molecular weight is 235 g/mol. The van der Waals surface area contributed by atoms with Crippen LogP contribution in [0.15, 0.2) is 24.3 Å². The van der Waals surface area contributed by atoms with Crippen molar-refractivity contribution < 1.29 is 4.79 Å². The summed E-state index contributed by atoms with van der Waals surface area (Å²) in [6, 6.07) is 7.90. The molecule has 0 saturated heterocycles. The fourth-order valence-corrected chi connectivity index (χ4v) is 2.20. The van der Waals surface area contributed by atoms with Gasteiger partial charge in [-0.3, -0.25) is 4.79 Å². The van der Waals surface area contributed by atoms with Crippen LogP contribution in [0.5, 0.6) is 0 Å². The molecule has 1 aliphatic heterocycles. The van der Waals surface area contributed by atoms with Gasteiger partial charge in [0.05, 0.1) is 0 Å². The summed E-state index contributed by atoms with van der Waals surface area (Å²) in [5.74, 6) is 1.46. The Bertz CT molecular complexity index is 391. The minimum atomic E-state index is 0.176. The molecular formula is C13H17NOS. The van der Waals surface area contributed by atoms with E-state index >= 15 is 0 Å². The number of benzene rings is 1. The number of nitrogens with zero attached hydrogens (tertiary/aromatic N) is 1. The zero-order valence-corrected chi connectivity index (χ0v) is 10.4. The highest BCUT2D eigenvalue weighted by atomic mass is 32.1. The Balaban J connectivity index is 2.15. The van der Waals surface area contributed by atoms with E-state index in [1.807, 2.05) is 29.2 Å². The minimum Gasteiger partial charge on any atom is -0.338 e. The first-order valence-electron chi connectivity index (χ1n) is 5.70. The van der Waals surface area contributed by atoms with Crippen LogP contribution in [0, 0.1) is 5.92 Å². The summed E-state index contributed by atoms with van der Waals surface area (Å²) in [6.45, 7) is 3.78. The third-order valence-corrected chi connectivity index (χ3v) is 3.65. The molecule has 1 unspecified atom stereocenters. The second kappa shape index (κ2) is 4.91. The molecule has 0 bridgehead atoms. The maximum absolute atomic E-state index is 12.2. The Kier molecular flexibility index (Phi) is 3.54. The van der Waals surface area contributed by atoms with Crippen LogP contribution in [0.3, 0.4) is 0 Å². The first-order valence-corrected chi connectivity index (χ1v) is 6.33. The standard InChI is InChI=1S/C13H17NOS/c1-10(9-16)8-14-7-6-11-4-2-3-5-12(11)13(14)15/h2-5,10,16H,6-9H2,1H3. The molecule has 2 rings (SSSR count). The Hall–Kier alpha value is -0.960. The molecule has 0 aromatic heterocycles. The third kappa shape index (κ3) is 2.24. The summed E-state index contributed by atoms with van der Waals surface area (Å²) in [7, 11) is 0. The lowest BCUT2D eigenvalue weighted by Crippen LogP contribution is -2.40. The lowest BCUT2D eigenvalue weighted by molar-refractivity contribution is 0.0721. The Morgan fingerprint density at radius 3 is 2.94 bits per heavy atom. The van der Waals surface area contributed by atoms with Crippen molar-refractivity contribution in [1.29, 1.82) is 0 Å². The first kappa shape index (κ1) is 11.5. The average Bonchev–Trinajstić information content (AvgIpc) is 2.33. The molecule has 0 fully saturated rings. The van der Waals surface area contributed by atoms with Gasteiger partial charge in [0.2, 0.25) is 0 Å². The molecule has 0 saturated carbocycles. The molecule has 0 radical (unpaired) electrons. The molecule has 1 atom stereocenters. The smallest absolute Gasteiger partial charge is 0.254 e. The lowest BCUT2D eigenvalue weighted by Gasteiger charge is -2.30. The molecule has 1 amide bonds. The number of hydrogen-bond donors (Lipinski definition) is 1. The number of thiol groups is 1. The van der Waals surface area contributed by atoms with E-state index in [0.717, 1.165) is 30.8 Å². The zero-order chi connectivity index (χ0) is 11.5. The van der Waals surface area contributed by atoms with Gasteiger partial charge < -0.3 is 4.90 Å². The summed E-state index contributed by atoms with van der Waals surface area (Å²) in [5, 5.41) is 0. The predicted molar refractivity (Wildman–Crippen MR) is 69.1 cm³/mol. The van der Waals surface area contributed by atoms with Crippen molar-refractivity contribution in [2.75, 3.05) is 18.8 Å². The van der Waals surface area contributed by atoms with Gasteiger partial charge in [0.1, 0.15) is 0 Å². The number of carbonyl (C=O) groups is 1. The van der Waals surface area contributed by atoms with Crippen molar-refractivity contribution in [3.8, 4) is 0 Å². The Morgan fingerprint density at radius 2 is 2.19 bits per heavy atom. The predicted octanol–water partition coefficient (Wildman–Crippen LogP) is 2.25. The van der Waals surface area contributed by atoms with Crippen molar-refractivity contribution in [3.63, 3.8) is 0 Å². The highest BCUT2D eigenvalue weighted by Crippen LogP contribution is 2.19. The van der Waals surface area contributed by atoms with E-state index in [-0.39, 0.29) is 5.91 Å². The van der Waals surface area contributed by atoms with Crippen LogP contribution in [0.1, 0.15) is 22.8 Å². The minimum absolute atomic E-state index is 0.176. The summed E-state index contributed by atoms with van der Waals surface area (Å²) >= 11 is 4.26.